The number of thioether (sulfide) groups is 2. The van der Waals surface area contributed by atoms with Crippen molar-refractivity contribution in [2.45, 2.75) is 28.6 Å². The van der Waals surface area contributed by atoms with Gasteiger partial charge in [-0.05, 0) is 24.3 Å². The molecule has 2 aromatic rings. The highest BCUT2D eigenvalue weighted by atomic mass is 32.2. The average Bonchev–Trinajstić information content (AvgIpc) is 2.87. The second kappa shape index (κ2) is 6.37. The third-order valence-electron chi connectivity index (χ3n) is 3.31. The van der Waals surface area contributed by atoms with Crippen molar-refractivity contribution < 1.29 is 9.18 Å². The fourth-order valence-electron chi connectivity index (χ4n) is 2.35. The summed E-state index contributed by atoms with van der Waals surface area (Å²) in [5.41, 5.74) is 6.26. The van der Waals surface area contributed by atoms with E-state index in [4.69, 9.17) is 5.73 Å². The molecular formula is C15H14FN3O2S2. The zero-order valence-electron chi connectivity index (χ0n) is 12.3. The summed E-state index contributed by atoms with van der Waals surface area (Å²) in [6.07, 6.45) is 0.712. The standard InChI is InChI=1S/C15H14FN3O2S2/c1-8-6-11-13(23-8)14(21)19(10-4-2-9(16)3-5-10)15(18-11)22-7-12(17)20/h2-5,8H,6-7H2,1H3,(H2,17,20)/t8-/m0/s1. The Morgan fingerprint density at radius 2 is 2.17 bits per heavy atom. The number of nitrogens with zero attached hydrogens (tertiary/aromatic N) is 2. The van der Waals surface area contributed by atoms with Gasteiger partial charge >= 0.3 is 0 Å². The maximum atomic E-state index is 13.2. The molecule has 1 aromatic heterocycles. The molecule has 1 amide bonds. The summed E-state index contributed by atoms with van der Waals surface area (Å²) in [6.45, 7) is 2.03. The predicted molar refractivity (Wildman–Crippen MR) is 88.7 cm³/mol. The molecule has 0 unspecified atom stereocenters. The first-order valence-electron chi connectivity index (χ1n) is 6.95. The molecule has 0 radical (unpaired) electrons. The van der Waals surface area contributed by atoms with Crippen LogP contribution in [0.4, 0.5) is 4.39 Å². The molecule has 1 aromatic carbocycles. The fourth-order valence-corrected chi connectivity index (χ4v) is 4.21. The number of hydrogen-bond acceptors (Lipinski definition) is 5. The second-order valence-corrected chi connectivity index (χ2v) is 7.57. The third kappa shape index (κ3) is 3.28. The van der Waals surface area contributed by atoms with Crippen molar-refractivity contribution in [3.63, 3.8) is 0 Å². The number of hydrogen-bond donors (Lipinski definition) is 1. The molecule has 0 spiro atoms. The van der Waals surface area contributed by atoms with E-state index in [0.717, 1.165) is 17.5 Å². The molecule has 1 aliphatic heterocycles. The van der Waals surface area contributed by atoms with Crippen molar-refractivity contribution in [2.24, 2.45) is 5.73 Å². The number of aromatic nitrogens is 2. The number of halogens is 1. The van der Waals surface area contributed by atoms with Crippen molar-refractivity contribution in [2.75, 3.05) is 5.75 Å². The van der Waals surface area contributed by atoms with Crippen LogP contribution in [-0.2, 0) is 11.2 Å². The molecule has 8 heteroatoms. The van der Waals surface area contributed by atoms with E-state index in [1.807, 2.05) is 6.92 Å². The van der Waals surface area contributed by atoms with E-state index in [1.165, 1.54) is 40.6 Å². The van der Waals surface area contributed by atoms with E-state index in [9.17, 15) is 14.0 Å². The number of benzene rings is 1. The van der Waals surface area contributed by atoms with E-state index >= 15 is 0 Å². The fraction of sp³-hybridized carbons (Fsp3) is 0.267. The number of amides is 1. The lowest BCUT2D eigenvalue weighted by molar-refractivity contribution is -0.115. The second-order valence-electron chi connectivity index (χ2n) is 5.17. The summed E-state index contributed by atoms with van der Waals surface area (Å²) in [4.78, 5) is 29.1. The van der Waals surface area contributed by atoms with Gasteiger partial charge in [-0.1, -0.05) is 18.7 Å². The SMILES string of the molecule is C[C@H]1Cc2nc(SCC(N)=O)n(-c3ccc(F)cc3)c(=O)c2S1. The van der Waals surface area contributed by atoms with E-state index < -0.39 is 5.91 Å². The molecule has 0 saturated carbocycles. The van der Waals surface area contributed by atoms with Crippen molar-refractivity contribution in [3.05, 3.63) is 46.1 Å². The van der Waals surface area contributed by atoms with E-state index in [-0.39, 0.29) is 22.4 Å². The van der Waals surface area contributed by atoms with Gasteiger partial charge in [0.1, 0.15) is 5.82 Å². The van der Waals surface area contributed by atoms with Gasteiger partial charge in [0.05, 0.1) is 22.0 Å². The van der Waals surface area contributed by atoms with Gasteiger partial charge < -0.3 is 5.73 Å². The molecule has 0 fully saturated rings. The largest absolute Gasteiger partial charge is 0.369 e. The number of carbonyl (C=O) groups is 1. The Kier molecular flexibility index (Phi) is 4.45. The van der Waals surface area contributed by atoms with Gasteiger partial charge in [-0.15, -0.1) is 11.8 Å². The lowest BCUT2D eigenvalue weighted by Gasteiger charge is -2.13. The Morgan fingerprint density at radius 3 is 2.83 bits per heavy atom. The normalized spacial score (nSPS) is 16.3. The summed E-state index contributed by atoms with van der Waals surface area (Å²) in [5, 5.41) is 0.678. The molecule has 2 heterocycles. The Hall–Kier alpha value is -1.80. The van der Waals surface area contributed by atoms with Crippen LogP contribution in [-0.4, -0.2) is 26.5 Å². The number of fused-ring (bicyclic) bond motifs is 1. The monoisotopic (exact) mass is 351 g/mol. The van der Waals surface area contributed by atoms with Gasteiger partial charge in [0.2, 0.25) is 5.91 Å². The van der Waals surface area contributed by atoms with Crippen LogP contribution in [0.25, 0.3) is 5.69 Å². The first-order chi connectivity index (χ1) is 11.0. The molecule has 0 bridgehead atoms. The topological polar surface area (TPSA) is 78.0 Å². The molecule has 1 atom stereocenters. The van der Waals surface area contributed by atoms with Crippen LogP contribution >= 0.6 is 23.5 Å². The van der Waals surface area contributed by atoms with Crippen molar-refractivity contribution in [1.29, 1.82) is 0 Å². The Labute approximate surface area is 140 Å². The molecule has 5 nitrogen and oxygen atoms in total. The zero-order chi connectivity index (χ0) is 16.6. The van der Waals surface area contributed by atoms with Crippen LogP contribution in [0.15, 0.2) is 39.1 Å². The van der Waals surface area contributed by atoms with Crippen LogP contribution in [0.1, 0.15) is 12.6 Å². The summed E-state index contributed by atoms with van der Waals surface area (Å²) in [5.74, 6) is -0.849. The minimum atomic E-state index is -0.488. The Morgan fingerprint density at radius 1 is 1.48 bits per heavy atom. The zero-order valence-corrected chi connectivity index (χ0v) is 13.9. The van der Waals surface area contributed by atoms with Crippen molar-refractivity contribution in [1.82, 2.24) is 9.55 Å². The highest BCUT2D eigenvalue weighted by molar-refractivity contribution is 8.00. The first-order valence-corrected chi connectivity index (χ1v) is 8.82. The van der Waals surface area contributed by atoms with Gasteiger partial charge in [0, 0.05) is 11.7 Å². The van der Waals surface area contributed by atoms with E-state index in [0.29, 0.717) is 22.2 Å². The molecule has 3 rings (SSSR count). The average molecular weight is 351 g/mol. The van der Waals surface area contributed by atoms with Gasteiger partial charge in [-0.3, -0.25) is 14.2 Å². The van der Waals surface area contributed by atoms with Gasteiger partial charge in [0.25, 0.3) is 5.56 Å². The van der Waals surface area contributed by atoms with Gasteiger partial charge in [-0.25, -0.2) is 9.37 Å². The Balaban J connectivity index is 2.15. The summed E-state index contributed by atoms with van der Waals surface area (Å²) in [6, 6.07) is 5.60. The molecular weight excluding hydrogens is 337 g/mol. The molecule has 1 aliphatic rings. The molecule has 23 heavy (non-hydrogen) atoms. The van der Waals surface area contributed by atoms with Crippen LogP contribution in [0, 0.1) is 5.82 Å². The molecule has 120 valence electrons. The van der Waals surface area contributed by atoms with E-state index in [1.54, 1.807) is 0 Å². The minimum Gasteiger partial charge on any atom is -0.369 e. The molecule has 0 aliphatic carbocycles. The van der Waals surface area contributed by atoms with Crippen LogP contribution in [0.3, 0.4) is 0 Å². The number of carbonyl (C=O) groups excluding carboxylic acids is 1. The van der Waals surface area contributed by atoms with Crippen LogP contribution < -0.4 is 11.3 Å². The van der Waals surface area contributed by atoms with Crippen molar-refractivity contribution >= 4 is 29.4 Å². The van der Waals surface area contributed by atoms with Crippen LogP contribution in [0.2, 0.25) is 0 Å². The smallest absolute Gasteiger partial charge is 0.272 e. The minimum absolute atomic E-state index is 0.0229. The first kappa shape index (κ1) is 16.1. The summed E-state index contributed by atoms with van der Waals surface area (Å²) in [7, 11) is 0. The highest BCUT2D eigenvalue weighted by Gasteiger charge is 2.26. The number of nitrogens with two attached hydrogens (primary N) is 1. The number of rotatable bonds is 4. The Bertz CT molecular complexity index is 821. The van der Waals surface area contributed by atoms with Gasteiger partial charge in [-0.2, -0.15) is 0 Å². The lowest BCUT2D eigenvalue weighted by Crippen LogP contribution is -2.24. The highest BCUT2D eigenvalue weighted by Crippen LogP contribution is 2.34. The molecule has 0 saturated heterocycles. The quantitative estimate of drug-likeness (QED) is 0.673. The third-order valence-corrected chi connectivity index (χ3v) is 5.49. The van der Waals surface area contributed by atoms with Gasteiger partial charge in [0.15, 0.2) is 5.16 Å². The summed E-state index contributed by atoms with van der Waals surface area (Å²) >= 11 is 2.60. The maximum absolute atomic E-state index is 13.2. The predicted octanol–water partition coefficient (Wildman–Crippen LogP) is 1.99. The lowest BCUT2D eigenvalue weighted by atomic mass is 10.2. The van der Waals surface area contributed by atoms with Crippen LogP contribution in [0.5, 0.6) is 0 Å². The maximum Gasteiger partial charge on any atom is 0.272 e. The summed E-state index contributed by atoms with van der Waals surface area (Å²) < 4.78 is 14.6. The molecule has 2 N–H and O–H groups in total. The van der Waals surface area contributed by atoms with E-state index in [2.05, 4.69) is 4.98 Å². The number of primary amides is 1. The van der Waals surface area contributed by atoms with Crippen molar-refractivity contribution in [3.8, 4) is 5.69 Å².